The van der Waals surface area contributed by atoms with E-state index in [4.69, 9.17) is 13.8 Å². The zero-order valence-corrected chi connectivity index (χ0v) is 46.7. The van der Waals surface area contributed by atoms with Crippen LogP contribution < -0.4 is 10.2 Å². The van der Waals surface area contributed by atoms with E-state index in [1.165, 1.54) is 122 Å². The SMILES string of the molecule is CC/C=C/C=C/C=C\CCCCCCCC(=O)NC(COP(=O)([O-])OCC[N+](C)(C)C)C(/C=C/CCCCCCCCCCCCC)OC(=O)CCCCCCCCC/C=C/CCCCCCCC. The molecule has 0 saturated carbocycles. The van der Waals surface area contributed by atoms with Gasteiger partial charge in [-0.25, -0.2) is 0 Å². The first-order chi connectivity index (χ1) is 33.4. The minimum Gasteiger partial charge on any atom is -0.756 e. The van der Waals surface area contributed by atoms with Crippen LogP contribution in [-0.2, 0) is 27.9 Å². The van der Waals surface area contributed by atoms with E-state index < -0.39 is 26.6 Å². The summed E-state index contributed by atoms with van der Waals surface area (Å²) in [4.78, 5) is 39.8. The molecule has 0 bridgehead atoms. The van der Waals surface area contributed by atoms with Gasteiger partial charge in [-0.2, -0.15) is 0 Å². The minimum atomic E-state index is -4.70. The van der Waals surface area contributed by atoms with Gasteiger partial charge in [0, 0.05) is 12.8 Å². The van der Waals surface area contributed by atoms with Crippen LogP contribution in [0.3, 0.4) is 0 Å². The maximum Gasteiger partial charge on any atom is 0.306 e. The van der Waals surface area contributed by atoms with Gasteiger partial charge in [-0.3, -0.25) is 14.2 Å². The number of carbonyl (C=O) groups excluding carboxylic acids is 2. The first-order valence-electron chi connectivity index (χ1n) is 28.6. The van der Waals surface area contributed by atoms with Crippen LogP contribution in [0.2, 0.25) is 0 Å². The number of hydrogen-bond donors (Lipinski definition) is 1. The Morgan fingerprint density at radius 2 is 0.942 bits per heavy atom. The second-order valence-corrected chi connectivity index (χ2v) is 21.9. The molecule has 3 atom stereocenters. The summed E-state index contributed by atoms with van der Waals surface area (Å²) in [6.07, 6.45) is 60.4. The van der Waals surface area contributed by atoms with Gasteiger partial charge in [-0.05, 0) is 76.7 Å². The van der Waals surface area contributed by atoms with E-state index in [0.717, 1.165) is 89.9 Å². The molecule has 0 aliphatic carbocycles. The van der Waals surface area contributed by atoms with Crippen molar-refractivity contribution in [2.24, 2.45) is 0 Å². The van der Waals surface area contributed by atoms with E-state index in [0.29, 0.717) is 23.9 Å². The van der Waals surface area contributed by atoms with Gasteiger partial charge in [0.15, 0.2) is 0 Å². The number of phosphoric acid groups is 1. The van der Waals surface area contributed by atoms with Crippen LogP contribution in [0.15, 0.2) is 60.8 Å². The molecular formula is C59H109N2O7P. The molecule has 0 saturated heterocycles. The van der Waals surface area contributed by atoms with Gasteiger partial charge in [0.05, 0.1) is 33.8 Å². The van der Waals surface area contributed by atoms with Crippen molar-refractivity contribution in [1.82, 2.24) is 5.32 Å². The van der Waals surface area contributed by atoms with Crippen molar-refractivity contribution in [1.29, 1.82) is 0 Å². The highest BCUT2D eigenvalue weighted by atomic mass is 31.2. The quantitative estimate of drug-likeness (QED) is 0.0161. The third-order valence-electron chi connectivity index (χ3n) is 12.5. The lowest BCUT2D eigenvalue weighted by Gasteiger charge is -2.30. The summed E-state index contributed by atoms with van der Waals surface area (Å²) in [5.41, 5.74) is 0. The van der Waals surface area contributed by atoms with Gasteiger partial charge in [0.2, 0.25) is 5.91 Å². The molecule has 3 unspecified atom stereocenters. The molecule has 0 heterocycles. The summed E-state index contributed by atoms with van der Waals surface area (Å²) in [6.45, 7) is 6.69. The first-order valence-corrected chi connectivity index (χ1v) is 30.1. The van der Waals surface area contributed by atoms with Gasteiger partial charge in [-0.1, -0.05) is 223 Å². The number of rotatable bonds is 51. The average Bonchev–Trinajstić information content (AvgIpc) is 3.31. The van der Waals surface area contributed by atoms with E-state index >= 15 is 0 Å². The molecule has 0 aromatic carbocycles. The predicted octanol–water partition coefficient (Wildman–Crippen LogP) is 16.5. The van der Waals surface area contributed by atoms with Crippen LogP contribution in [0.5, 0.6) is 0 Å². The fourth-order valence-electron chi connectivity index (χ4n) is 8.05. The monoisotopic (exact) mass is 989 g/mol. The summed E-state index contributed by atoms with van der Waals surface area (Å²) in [5.74, 6) is -0.568. The van der Waals surface area contributed by atoms with Gasteiger partial charge < -0.3 is 28.5 Å². The molecule has 0 aliphatic rings. The zero-order valence-electron chi connectivity index (χ0n) is 45.8. The molecule has 0 aromatic rings. The molecule has 10 heteroatoms. The standard InChI is InChI=1S/C59H109N2O7P/c1-7-10-13-16-19-22-25-28-29-30-31-34-37-40-43-46-49-52-59(63)68-57(50-47-44-41-38-35-32-26-23-20-17-14-11-8-2)56(55-67-69(64,65)66-54-53-61(4,5)6)60-58(62)51-48-45-42-39-36-33-27-24-21-18-15-12-9-3/h12,15,18,21,24,27-29,47,50,56-57H,7-11,13-14,16-17,19-20,22-23,25-26,30-46,48-49,51-55H2,1-6H3,(H-,60,62,64,65)/b15-12+,21-18+,27-24-,29-28+,50-47+. The summed E-state index contributed by atoms with van der Waals surface area (Å²) in [7, 11) is 1.16. The van der Waals surface area contributed by atoms with Crippen molar-refractivity contribution in [2.75, 3.05) is 40.9 Å². The third-order valence-corrected chi connectivity index (χ3v) is 13.5. The number of unbranched alkanes of at least 4 members (excludes halogenated alkanes) is 29. The fraction of sp³-hybridized carbons (Fsp3) is 0.797. The zero-order chi connectivity index (χ0) is 50.8. The van der Waals surface area contributed by atoms with Crippen molar-refractivity contribution >= 4 is 19.7 Å². The van der Waals surface area contributed by atoms with E-state index in [1.807, 2.05) is 39.4 Å². The lowest BCUT2D eigenvalue weighted by atomic mass is 10.0. The number of nitrogens with one attached hydrogen (secondary N) is 1. The second-order valence-electron chi connectivity index (χ2n) is 20.5. The second kappa shape index (κ2) is 49.3. The lowest BCUT2D eigenvalue weighted by Crippen LogP contribution is -2.47. The molecule has 0 radical (unpaired) electrons. The molecule has 0 aliphatic heterocycles. The van der Waals surface area contributed by atoms with Crippen LogP contribution >= 0.6 is 7.82 Å². The largest absolute Gasteiger partial charge is 0.756 e. The van der Waals surface area contributed by atoms with E-state index in [2.05, 4.69) is 68.6 Å². The Bertz CT molecular complexity index is 1370. The highest BCUT2D eigenvalue weighted by Crippen LogP contribution is 2.38. The van der Waals surface area contributed by atoms with Crippen molar-refractivity contribution in [3.8, 4) is 0 Å². The molecule has 0 spiro atoms. The number of likely N-dealkylation sites (N-methyl/N-ethyl adjacent to an activating group) is 1. The number of phosphoric ester groups is 1. The number of amides is 1. The van der Waals surface area contributed by atoms with Gasteiger partial charge in [0.25, 0.3) is 7.82 Å². The third kappa shape index (κ3) is 50.4. The van der Waals surface area contributed by atoms with Crippen LogP contribution in [0, 0.1) is 0 Å². The summed E-state index contributed by atoms with van der Waals surface area (Å²) in [6, 6.07) is -0.900. The van der Waals surface area contributed by atoms with Gasteiger partial charge >= 0.3 is 5.97 Å². The van der Waals surface area contributed by atoms with E-state index in [1.54, 1.807) is 0 Å². The predicted molar refractivity (Wildman–Crippen MR) is 293 cm³/mol. The molecular weight excluding hydrogens is 880 g/mol. The number of allylic oxidation sites excluding steroid dienone is 9. The van der Waals surface area contributed by atoms with Crippen molar-refractivity contribution in [3.05, 3.63) is 60.8 Å². The average molecular weight is 990 g/mol. The number of quaternary nitrogens is 1. The highest BCUT2D eigenvalue weighted by Gasteiger charge is 2.27. The summed E-state index contributed by atoms with van der Waals surface area (Å²) in [5, 5.41) is 3.01. The molecule has 69 heavy (non-hydrogen) atoms. The Kier molecular flexibility index (Phi) is 47.7. The molecule has 1 N–H and O–H groups in total. The minimum absolute atomic E-state index is 0.0285. The Morgan fingerprint density at radius 1 is 0.522 bits per heavy atom. The van der Waals surface area contributed by atoms with E-state index in [9.17, 15) is 19.0 Å². The Labute approximate surface area is 426 Å². The topological polar surface area (TPSA) is 114 Å². The molecule has 402 valence electrons. The molecule has 0 rings (SSSR count). The van der Waals surface area contributed by atoms with Crippen molar-refractivity contribution in [2.45, 2.75) is 264 Å². The summed E-state index contributed by atoms with van der Waals surface area (Å²) < 4.78 is 30.2. The van der Waals surface area contributed by atoms with E-state index in [-0.39, 0.29) is 24.9 Å². The van der Waals surface area contributed by atoms with Gasteiger partial charge in [0.1, 0.15) is 19.3 Å². The first kappa shape index (κ1) is 66.7. The van der Waals surface area contributed by atoms with Gasteiger partial charge in [-0.15, -0.1) is 0 Å². The fourth-order valence-corrected chi connectivity index (χ4v) is 8.77. The number of ether oxygens (including phenoxy) is 1. The van der Waals surface area contributed by atoms with Crippen LogP contribution in [0.25, 0.3) is 0 Å². The molecule has 9 nitrogen and oxygen atoms in total. The molecule has 1 amide bonds. The Balaban J connectivity index is 5.38. The van der Waals surface area contributed by atoms with Crippen molar-refractivity contribution < 1.29 is 37.3 Å². The van der Waals surface area contributed by atoms with Crippen LogP contribution in [0.4, 0.5) is 0 Å². The van der Waals surface area contributed by atoms with Crippen molar-refractivity contribution in [3.63, 3.8) is 0 Å². The number of carbonyl (C=O) groups is 2. The smallest absolute Gasteiger partial charge is 0.306 e. The molecule has 0 fully saturated rings. The maximum atomic E-state index is 13.5. The maximum absolute atomic E-state index is 13.5. The Hall–Kier alpha value is -2.29. The molecule has 0 aromatic heterocycles. The number of esters is 1. The summed E-state index contributed by atoms with van der Waals surface area (Å²) >= 11 is 0. The normalized spacial score (nSPS) is 14.2. The van der Waals surface area contributed by atoms with Crippen LogP contribution in [0.1, 0.15) is 252 Å². The number of nitrogens with zero attached hydrogens (tertiary/aromatic N) is 1. The lowest BCUT2D eigenvalue weighted by molar-refractivity contribution is -0.870. The van der Waals surface area contributed by atoms with Crippen LogP contribution in [-0.4, -0.2) is 69.4 Å². The Morgan fingerprint density at radius 3 is 1.42 bits per heavy atom. The number of hydrogen-bond acceptors (Lipinski definition) is 7. The highest BCUT2D eigenvalue weighted by molar-refractivity contribution is 7.45.